The molecule has 0 saturated carbocycles. The number of hydrogen-bond acceptors (Lipinski definition) is 2. The van der Waals surface area contributed by atoms with Gasteiger partial charge in [-0.1, -0.05) is 13.8 Å². The van der Waals surface area contributed by atoms with Crippen molar-refractivity contribution in [2.75, 3.05) is 20.8 Å². The first-order valence-electron chi connectivity index (χ1n) is 2.71. The molecule has 0 unspecified atom stereocenters. The maximum Gasteiger partial charge on any atom is 0.0449 e. The van der Waals surface area contributed by atoms with E-state index in [4.69, 9.17) is 0 Å². The highest BCUT2D eigenvalue weighted by molar-refractivity contribution is 4.22. The molecule has 0 aromatic heterocycles. The normalized spacial score (nSPS) is 6.86. The zero-order chi connectivity index (χ0) is 6.12. The highest BCUT2D eigenvalue weighted by Gasteiger charge is 1.60. The minimum Gasteiger partial charge on any atom is -0.308 e. The average Bonchev–Trinajstić information content (AvgIpc) is 1.75. The lowest BCUT2D eigenvalue weighted by atomic mass is 11.0. The first-order valence-corrected chi connectivity index (χ1v) is 2.71. The summed E-state index contributed by atoms with van der Waals surface area (Å²) in [5.74, 6) is 0. The van der Waals surface area contributed by atoms with Gasteiger partial charge in [-0.15, -0.1) is 0 Å². The van der Waals surface area contributed by atoms with Gasteiger partial charge >= 0.3 is 0 Å². The van der Waals surface area contributed by atoms with Crippen LogP contribution in [0.15, 0.2) is 0 Å². The van der Waals surface area contributed by atoms with E-state index < -0.39 is 0 Å². The lowest BCUT2D eigenvalue weighted by molar-refractivity contribution is 0.708. The number of rotatable bonds is 2. The molecule has 0 saturated heterocycles. The molecule has 0 spiro atoms. The van der Waals surface area contributed by atoms with Gasteiger partial charge in [0, 0.05) is 6.67 Å². The third-order valence-electron chi connectivity index (χ3n) is 0.354. The van der Waals surface area contributed by atoms with E-state index in [1.807, 2.05) is 27.9 Å². The van der Waals surface area contributed by atoms with Crippen LogP contribution >= 0.6 is 0 Å². The zero-order valence-corrected chi connectivity index (χ0v) is 5.71. The lowest BCUT2D eigenvalue weighted by Crippen LogP contribution is -2.21. The highest BCUT2D eigenvalue weighted by atomic mass is 15.0. The van der Waals surface area contributed by atoms with Gasteiger partial charge in [0.05, 0.1) is 0 Å². The average molecular weight is 104 g/mol. The fourth-order valence-corrected chi connectivity index (χ4v) is 0.177. The predicted octanol–water partition coefficient (Wildman–Crippen LogP) is 0.409. The van der Waals surface area contributed by atoms with E-state index in [0.717, 1.165) is 6.67 Å². The van der Waals surface area contributed by atoms with E-state index in [-0.39, 0.29) is 0 Å². The van der Waals surface area contributed by atoms with E-state index in [0.29, 0.717) is 0 Å². The van der Waals surface area contributed by atoms with Crippen LogP contribution in [0.5, 0.6) is 0 Å². The lowest BCUT2D eigenvalue weighted by Gasteiger charge is -1.88. The Morgan fingerprint density at radius 2 is 1.29 bits per heavy atom. The van der Waals surface area contributed by atoms with Crippen LogP contribution in [0.1, 0.15) is 13.8 Å². The summed E-state index contributed by atoms with van der Waals surface area (Å²) in [7, 11) is 3.80. The Bertz CT molecular complexity index is 13.6. The Labute approximate surface area is 46.3 Å². The molecular formula is C5H16N2. The summed E-state index contributed by atoms with van der Waals surface area (Å²) in [6, 6.07) is 0. The molecule has 0 aromatic carbocycles. The standard InChI is InChI=1S/C3H10N2.C2H6/c1-4-3-5-2;1-2/h4-5H,3H2,1-2H3;1-2H3. The summed E-state index contributed by atoms with van der Waals surface area (Å²) in [5, 5.41) is 5.81. The fraction of sp³-hybridized carbons (Fsp3) is 1.00. The van der Waals surface area contributed by atoms with Gasteiger partial charge in [0.25, 0.3) is 0 Å². The second-order valence-electron chi connectivity index (χ2n) is 0.884. The first kappa shape index (κ1) is 10.0. The predicted molar refractivity (Wildman–Crippen MR) is 34.3 cm³/mol. The summed E-state index contributed by atoms with van der Waals surface area (Å²) in [6.45, 7) is 4.89. The van der Waals surface area contributed by atoms with Crippen molar-refractivity contribution in [3.8, 4) is 0 Å². The van der Waals surface area contributed by atoms with Crippen molar-refractivity contribution >= 4 is 0 Å². The van der Waals surface area contributed by atoms with Crippen molar-refractivity contribution in [2.24, 2.45) is 0 Å². The Hall–Kier alpha value is -0.0800. The zero-order valence-electron chi connectivity index (χ0n) is 5.71. The molecule has 0 aliphatic heterocycles. The molecule has 0 aliphatic rings. The van der Waals surface area contributed by atoms with Crippen LogP contribution in [0.2, 0.25) is 0 Å². The molecule has 0 aromatic rings. The van der Waals surface area contributed by atoms with E-state index in [1.54, 1.807) is 0 Å². The molecule has 2 N–H and O–H groups in total. The van der Waals surface area contributed by atoms with Crippen LogP contribution in [0.3, 0.4) is 0 Å². The van der Waals surface area contributed by atoms with E-state index in [1.165, 1.54) is 0 Å². The highest BCUT2D eigenvalue weighted by Crippen LogP contribution is 1.30. The van der Waals surface area contributed by atoms with Crippen LogP contribution in [0.4, 0.5) is 0 Å². The quantitative estimate of drug-likeness (QED) is 0.496. The third kappa shape index (κ3) is 24.7. The summed E-state index contributed by atoms with van der Waals surface area (Å²) < 4.78 is 0. The smallest absolute Gasteiger partial charge is 0.0449 e. The molecule has 0 rings (SSSR count). The Kier molecular flexibility index (Phi) is 24.1. The Balaban J connectivity index is 0. The summed E-state index contributed by atoms with van der Waals surface area (Å²) >= 11 is 0. The molecule has 0 fully saturated rings. The number of nitrogens with one attached hydrogen (secondary N) is 2. The maximum atomic E-state index is 2.91. The van der Waals surface area contributed by atoms with Crippen LogP contribution in [0, 0.1) is 0 Å². The molecule has 0 radical (unpaired) electrons. The van der Waals surface area contributed by atoms with Crippen molar-refractivity contribution in [3.05, 3.63) is 0 Å². The fourth-order valence-electron chi connectivity index (χ4n) is 0.177. The summed E-state index contributed by atoms with van der Waals surface area (Å²) in [4.78, 5) is 0. The van der Waals surface area contributed by atoms with Crippen molar-refractivity contribution in [3.63, 3.8) is 0 Å². The van der Waals surface area contributed by atoms with Crippen LogP contribution in [-0.2, 0) is 0 Å². The molecule has 46 valence electrons. The van der Waals surface area contributed by atoms with Crippen LogP contribution in [-0.4, -0.2) is 20.8 Å². The van der Waals surface area contributed by atoms with Crippen LogP contribution in [0.25, 0.3) is 0 Å². The Morgan fingerprint density at radius 3 is 1.29 bits per heavy atom. The second kappa shape index (κ2) is 16.8. The molecule has 0 amide bonds. The summed E-state index contributed by atoms with van der Waals surface area (Å²) in [6.07, 6.45) is 0. The molecule has 7 heavy (non-hydrogen) atoms. The number of hydrogen-bond donors (Lipinski definition) is 2. The minimum absolute atomic E-state index is 0.889. The van der Waals surface area contributed by atoms with Crippen LogP contribution < -0.4 is 10.6 Å². The van der Waals surface area contributed by atoms with Gasteiger partial charge in [0.15, 0.2) is 0 Å². The van der Waals surface area contributed by atoms with Gasteiger partial charge in [-0.25, -0.2) is 0 Å². The molecule has 0 bridgehead atoms. The van der Waals surface area contributed by atoms with E-state index in [2.05, 4.69) is 10.6 Å². The molecule has 2 nitrogen and oxygen atoms in total. The molecule has 0 heterocycles. The van der Waals surface area contributed by atoms with E-state index >= 15 is 0 Å². The van der Waals surface area contributed by atoms with E-state index in [9.17, 15) is 0 Å². The molecule has 2 heteroatoms. The molecule has 0 atom stereocenters. The van der Waals surface area contributed by atoms with Crippen molar-refractivity contribution in [1.82, 2.24) is 10.6 Å². The third-order valence-corrected chi connectivity index (χ3v) is 0.354. The topological polar surface area (TPSA) is 24.1 Å². The SMILES string of the molecule is CC.CNCNC. The largest absolute Gasteiger partial charge is 0.308 e. The minimum atomic E-state index is 0.889. The van der Waals surface area contributed by atoms with Gasteiger partial charge in [-0.2, -0.15) is 0 Å². The van der Waals surface area contributed by atoms with Crippen molar-refractivity contribution in [2.45, 2.75) is 13.8 Å². The van der Waals surface area contributed by atoms with Crippen molar-refractivity contribution < 1.29 is 0 Å². The van der Waals surface area contributed by atoms with Gasteiger partial charge in [-0.05, 0) is 14.1 Å². The van der Waals surface area contributed by atoms with Gasteiger partial charge < -0.3 is 10.6 Å². The maximum absolute atomic E-state index is 2.91. The summed E-state index contributed by atoms with van der Waals surface area (Å²) in [5.41, 5.74) is 0. The van der Waals surface area contributed by atoms with Crippen molar-refractivity contribution in [1.29, 1.82) is 0 Å². The molecule has 0 aliphatic carbocycles. The Morgan fingerprint density at radius 1 is 1.00 bits per heavy atom. The van der Waals surface area contributed by atoms with Gasteiger partial charge in [0.1, 0.15) is 0 Å². The van der Waals surface area contributed by atoms with Gasteiger partial charge in [0.2, 0.25) is 0 Å². The van der Waals surface area contributed by atoms with Gasteiger partial charge in [-0.3, -0.25) is 0 Å². The second-order valence-corrected chi connectivity index (χ2v) is 0.884. The molecular weight excluding hydrogens is 88.1 g/mol. The first-order chi connectivity index (χ1) is 3.41. The monoisotopic (exact) mass is 104 g/mol.